The molecule has 1 aromatic carbocycles. The number of hydrogen-bond acceptors (Lipinski definition) is 4. The van der Waals surface area contributed by atoms with E-state index in [9.17, 15) is 0 Å². The van der Waals surface area contributed by atoms with Crippen molar-refractivity contribution in [2.24, 2.45) is 0 Å². The lowest BCUT2D eigenvalue weighted by molar-refractivity contribution is 0.400. The Kier molecular flexibility index (Phi) is 6.42. The molecule has 0 aliphatic heterocycles. The van der Waals surface area contributed by atoms with Crippen LogP contribution in [-0.4, -0.2) is 23.2 Å². The predicted octanol–water partition coefficient (Wildman–Crippen LogP) is 3.12. The molecule has 0 aliphatic rings. The van der Waals surface area contributed by atoms with Gasteiger partial charge >= 0.3 is 0 Å². The van der Waals surface area contributed by atoms with Crippen molar-refractivity contribution in [3.63, 3.8) is 0 Å². The Hall–Kier alpha value is -1.65. The molecule has 108 valence electrons. The predicted molar refractivity (Wildman–Crippen MR) is 83.9 cm³/mol. The fraction of sp³-hybridized carbons (Fsp3) is 0.333. The number of benzene rings is 1. The molecule has 5 heteroatoms. The van der Waals surface area contributed by atoms with Gasteiger partial charge in [-0.05, 0) is 38.1 Å². The molecule has 4 nitrogen and oxygen atoms in total. The molecule has 2 aromatic rings. The van der Waals surface area contributed by atoms with E-state index in [-0.39, 0.29) is 12.4 Å². The number of nitrogens with one attached hydrogen (secondary N) is 1. The molecule has 1 N–H and O–H groups in total. The van der Waals surface area contributed by atoms with Gasteiger partial charge in [-0.1, -0.05) is 29.4 Å². The van der Waals surface area contributed by atoms with Crippen LogP contribution in [0.5, 0.6) is 0 Å². The summed E-state index contributed by atoms with van der Waals surface area (Å²) in [4.78, 5) is 4.34. The van der Waals surface area contributed by atoms with Crippen LogP contribution < -0.4 is 5.32 Å². The first-order valence-corrected chi connectivity index (χ1v) is 6.42. The van der Waals surface area contributed by atoms with E-state index in [0.717, 1.165) is 17.8 Å². The number of hydrogen-bond donors (Lipinski definition) is 1. The van der Waals surface area contributed by atoms with Crippen molar-refractivity contribution in [1.29, 1.82) is 0 Å². The van der Waals surface area contributed by atoms with Crippen LogP contribution in [0.3, 0.4) is 0 Å². The Morgan fingerprint density at radius 1 is 1.30 bits per heavy atom. The van der Waals surface area contributed by atoms with Crippen molar-refractivity contribution >= 4 is 24.6 Å². The molecule has 0 amide bonds. The van der Waals surface area contributed by atoms with Gasteiger partial charge in [-0.25, -0.2) is 0 Å². The van der Waals surface area contributed by atoms with Crippen molar-refractivity contribution in [2.45, 2.75) is 26.3 Å². The molecule has 0 saturated heterocycles. The molecule has 0 bridgehead atoms. The van der Waals surface area contributed by atoms with Crippen molar-refractivity contribution in [2.75, 3.05) is 7.05 Å². The van der Waals surface area contributed by atoms with Crippen LogP contribution in [0.15, 0.2) is 28.8 Å². The van der Waals surface area contributed by atoms with Crippen LogP contribution in [0.1, 0.15) is 29.8 Å². The lowest BCUT2D eigenvalue weighted by atomic mass is 10.1. The van der Waals surface area contributed by atoms with Crippen LogP contribution in [0, 0.1) is 6.92 Å². The molecule has 1 unspecified atom stereocenters. The number of rotatable bonds is 5. The molecule has 0 radical (unpaired) electrons. The summed E-state index contributed by atoms with van der Waals surface area (Å²) in [6, 6.07) is 8.52. The number of likely N-dealkylation sites (N-methyl/N-ethyl adjacent to an activating group) is 1. The van der Waals surface area contributed by atoms with E-state index in [1.54, 1.807) is 0 Å². The van der Waals surface area contributed by atoms with Gasteiger partial charge in [0.15, 0.2) is 5.82 Å². The minimum Gasteiger partial charge on any atom is -0.335 e. The standard InChI is InChI=1S/C15H19N3O.ClH/c1-11-6-4-5-7-13(11)8-9-15-17-14(18-19-15)10-12(2)16-3;/h4-9,12,16H,10H2,1-3H3;1H/b9-8+;. The van der Waals surface area contributed by atoms with E-state index in [1.165, 1.54) is 5.56 Å². The molecule has 1 atom stereocenters. The van der Waals surface area contributed by atoms with Crippen molar-refractivity contribution in [1.82, 2.24) is 15.5 Å². The second kappa shape index (κ2) is 7.82. The summed E-state index contributed by atoms with van der Waals surface area (Å²) in [7, 11) is 1.92. The Labute approximate surface area is 125 Å². The van der Waals surface area contributed by atoms with E-state index in [1.807, 2.05) is 31.3 Å². The third-order valence-electron chi connectivity index (χ3n) is 3.06. The zero-order valence-corrected chi connectivity index (χ0v) is 12.8. The van der Waals surface area contributed by atoms with Gasteiger partial charge in [0.25, 0.3) is 5.89 Å². The average Bonchev–Trinajstić information content (AvgIpc) is 2.85. The van der Waals surface area contributed by atoms with Crippen LogP contribution in [0.25, 0.3) is 12.2 Å². The lowest BCUT2D eigenvalue weighted by Gasteiger charge is -2.04. The first-order valence-electron chi connectivity index (χ1n) is 6.42. The van der Waals surface area contributed by atoms with Gasteiger partial charge in [0.05, 0.1) is 0 Å². The van der Waals surface area contributed by atoms with Crippen molar-refractivity contribution < 1.29 is 4.52 Å². The first kappa shape index (κ1) is 16.4. The van der Waals surface area contributed by atoms with Crippen molar-refractivity contribution in [3.8, 4) is 0 Å². The fourth-order valence-corrected chi connectivity index (χ4v) is 1.73. The Balaban J connectivity index is 0.00000200. The highest BCUT2D eigenvalue weighted by molar-refractivity contribution is 5.85. The maximum Gasteiger partial charge on any atom is 0.250 e. The normalized spacial score (nSPS) is 12.3. The largest absolute Gasteiger partial charge is 0.335 e. The molecular formula is C15H20ClN3O. The fourth-order valence-electron chi connectivity index (χ4n) is 1.73. The van der Waals surface area contributed by atoms with E-state index >= 15 is 0 Å². The summed E-state index contributed by atoms with van der Waals surface area (Å²) in [5, 5.41) is 7.11. The topological polar surface area (TPSA) is 51.0 Å². The Morgan fingerprint density at radius 3 is 2.75 bits per heavy atom. The summed E-state index contributed by atoms with van der Waals surface area (Å²) >= 11 is 0. The van der Waals surface area contributed by atoms with Crippen LogP contribution in [0.4, 0.5) is 0 Å². The quantitative estimate of drug-likeness (QED) is 0.920. The van der Waals surface area contributed by atoms with E-state index in [0.29, 0.717) is 11.9 Å². The molecule has 0 aliphatic carbocycles. The molecule has 1 heterocycles. The van der Waals surface area contributed by atoms with Gasteiger partial charge < -0.3 is 9.84 Å². The minimum absolute atomic E-state index is 0. The van der Waals surface area contributed by atoms with Gasteiger partial charge in [-0.2, -0.15) is 4.98 Å². The zero-order valence-electron chi connectivity index (χ0n) is 12.0. The molecule has 1 aromatic heterocycles. The first-order chi connectivity index (χ1) is 9.19. The van der Waals surface area contributed by atoms with Crippen LogP contribution in [0.2, 0.25) is 0 Å². The van der Waals surface area contributed by atoms with E-state index in [2.05, 4.69) is 41.4 Å². The highest BCUT2D eigenvalue weighted by Gasteiger charge is 2.07. The summed E-state index contributed by atoms with van der Waals surface area (Å²) in [5.74, 6) is 1.27. The number of nitrogens with zero attached hydrogens (tertiary/aromatic N) is 2. The summed E-state index contributed by atoms with van der Waals surface area (Å²) in [5.41, 5.74) is 2.38. The summed E-state index contributed by atoms with van der Waals surface area (Å²) in [6.45, 7) is 4.16. The number of halogens is 1. The maximum atomic E-state index is 5.20. The van der Waals surface area contributed by atoms with Gasteiger partial charge in [-0.15, -0.1) is 12.4 Å². The van der Waals surface area contributed by atoms with E-state index in [4.69, 9.17) is 4.52 Å². The van der Waals surface area contributed by atoms with Crippen LogP contribution >= 0.6 is 12.4 Å². The molecule has 0 fully saturated rings. The smallest absolute Gasteiger partial charge is 0.250 e. The molecule has 0 spiro atoms. The minimum atomic E-state index is 0. The second-order valence-electron chi connectivity index (χ2n) is 4.63. The Bertz CT molecular complexity index is 566. The SMILES string of the molecule is CNC(C)Cc1noc(/C=C/c2ccccc2C)n1.Cl. The third-order valence-corrected chi connectivity index (χ3v) is 3.06. The zero-order chi connectivity index (χ0) is 13.7. The van der Waals surface area contributed by atoms with Gasteiger partial charge in [-0.3, -0.25) is 0 Å². The molecule has 20 heavy (non-hydrogen) atoms. The molecule has 0 saturated carbocycles. The van der Waals surface area contributed by atoms with Crippen LogP contribution in [-0.2, 0) is 6.42 Å². The number of aryl methyl sites for hydroxylation is 1. The monoisotopic (exact) mass is 293 g/mol. The highest BCUT2D eigenvalue weighted by Crippen LogP contribution is 2.11. The summed E-state index contributed by atoms with van der Waals surface area (Å²) < 4.78 is 5.20. The maximum absolute atomic E-state index is 5.20. The Morgan fingerprint density at radius 2 is 2.05 bits per heavy atom. The second-order valence-corrected chi connectivity index (χ2v) is 4.63. The van der Waals surface area contributed by atoms with Gasteiger partial charge in [0.2, 0.25) is 0 Å². The van der Waals surface area contributed by atoms with Gasteiger partial charge in [0.1, 0.15) is 0 Å². The number of aromatic nitrogens is 2. The van der Waals surface area contributed by atoms with E-state index < -0.39 is 0 Å². The summed E-state index contributed by atoms with van der Waals surface area (Å²) in [6.07, 6.45) is 4.61. The van der Waals surface area contributed by atoms with Crippen molar-refractivity contribution in [3.05, 3.63) is 47.1 Å². The lowest BCUT2D eigenvalue weighted by Crippen LogP contribution is -2.24. The molecular weight excluding hydrogens is 274 g/mol. The molecule has 2 rings (SSSR count). The third kappa shape index (κ3) is 4.47. The van der Waals surface area contributed by atoms with Gasteiger partial charge in [0, 0.05) is 18.5 Å². The highest BCUT2D eigenvalue weighted by atomic mass is 35.5. The average molecular weight is 294 g/mol.